The van der Waals surface area contributed by atoms with Crippen LogP contribution in [0.3, 0.4) is 0 Å². The Morgan fingerprint density at radius 3 is 2.71 bits per heavy atom. The van der Waals surface area contributed by atoms with Crippen molar-refractivity contribution in [2.24, 2.45) is 0 Å². The summed E-state index contributed by atoms with van der Waals surface area (Å²) in [5.41, 5.74) is 0.242. The largest absolute Gasteiger partial charge is 0.486 e. The van der Waals surface area contributed by atoms with Crippen molar-refractivity contribution in [2.45, 2.75) is 19.9 Å². The highest BCUT2D eigenvalue weighted by molar-refractivity contribution is 5.97. The standard InChI is InChI=1S/C20H24FN3O4/c1-4-27-20(26)14-10-24-12(2)11-28-19-16(21)15(9-13(17(19)24)18(14)25)23-7-5-22(3)6-8-23/h9-10,12H,4-8,11H2,1-3H3/t12-/m0/s1. The number of likely N-dealkylation sites (N-methyl/N-ethyl adjacent to an activating group) is 1. The molecule has 8 heteroatoms. The molecule has 2 aliphatic heterocycles. The number of hydrogen-bond donors (Lipinski definition) is 0. The molecule has 1 aromatic heterocycles. The fourth-order valence-corrected chi connectivity index (χ4v) is 3.84. The lowest BCUT2D eigenvalue weighted by Gasteiger charge is -2.35. The van der Waals surface area contributed by atoms with Gasteiger partial charge in [0.1, 0.15) is 12.2 Å². The first kappa shape index (κ1) is 18.7. The van der Waals surface area contributed by atoms with Gasteiger partial charge in [-0.3, -0.25) is 4.79 Å². The molecule has 1 aromatic carbocycles. The molecule has 1 saturated heterocycles. The van der Waals surface area contributed by atoms with Gasteiger partial charge in [-0.1, -0.05) is 0 Å². The summed E-state index contributed by atoms with van der Waals surface area (Å²) in [6.45, 7) is 6.94. The molecule has 0 unspecified atom stereocenters. The molecule has 0 N–H and O–H groups in total. The fraction of sp³-hybridized carbons (Fsp3) is 0.500. The third-order valence-electron chi connectivity index (χ3n) is 5.47. The normalized spacial score (nSPS) is 19.6. The molecule has 4 rings (SSSR count). The number of halogens is 1. The highest BCUT2D eigenvalue weighted by atomic mass is 19.1. The fourth-order valence-electron chi connectivity index (χ4n) is 3.84. The molecule has 28 heavy (non-hydrogen) atoms. The van der Waals surface area contributed by atoms with Crippen molar-refractivity contribution in [1.29, 1.82) is 0 Å². The zero-order chi connectivity index (χ0) is 20.0. The number of esters is 1. The Hall–Kier alpha value is -2.61. The van der Waals surface area contributed by atoms with E-state index in [-0.39, 0.29) is 36.0 Å². The van der Waals surface area contributed by atoms with Crippen LogP contribution in [0.5, 0.6) is 5.75 Å². The van der Waals surface area contributed by atoms with E-state index in [2.05, 4.69) is 4.90 Å². The summed E-state index contributed by atoms with van der Waals surface area (Å²) in [5, 5.41) is 0.280. The van der Waals surface area contributed by atoms with Crippen molar-refractivity contribution in [1.82, 2.24) is 9.47 Å². The molecule has 150 valence electrons. The zero-order valence-corrected chi connectivity index (χ0v) is 16.3. The predicted molar refractivity (Wildman–Crippen MR) is 104 cm³/mol. The van der Waals surface area contributed by atoms with Crippen LogP contribution >= 0.6 is 0 Å². The third kappa shape index (κ3) is 2.92. The molecular weight excluding hydrogens is 365 g/mol. The van der Waals surface area contributed by atoms with Crippen molar-refractivity contribution < 1.29 is 18.7 Å². The van der Waals surface area contributed by atoms with Crippen LogP contribution in [0.4, 0.5) is 10.1 Å². The van der Waals surface area contributed by atoms with Crippen LogP contribution in [0.1, 0.15) is 30.2 Å². The minimum absolute atomic E-state index is 0.0371. The highest BCUT2D eigenvalue weighted by Gasteiger charge is 2.30. The summed E-state index contributed by atoms with van der Waals surface area (Å²) in [5.74, 6) is -1.04. The second-order valence-corrected chi connectivity index (χ2v) is 7.38. The molecule has 0 bridgehead atoms. The second kappa shape index (κ2) is 7.09. The molecule has 0 aliphatic carbocycles. The topological polar surface area (TPSA) is 64.0 Å². The Labute approximate surface area is 162 Å². The molecule has 1 fully saturated rings. The van der Waals surface area contributed by atoms with Crippen LogP contribution in [0, 0.1) is 5.82 Å². The van der Waals surface area contributed by atoms with Gasteiger partial charge >= 0.3 is 5.97 Å². The lowest BCUT2D eigenvalue weighted by atomic mass is 10.1. The average Bonchev–Trinajstić information content (AvgIpc) is 2.68. The number of benzene rings is 1. The van der Waals surface area contributed by atoms with E-state index < -0.39 is 17.2 Å². The molecule has 2 aromatic rings. The van der Waals surface area contributed by atoms with Gasteiger partial charge in [-0.25, -0.2) is 9.18 Å². The number of carbonyl (C=O) groups excluding carboxylic acids is 1. The summed E-state index contributed by atoms with van der Waals surface area (Å²) in [7, 11) is 2.02. The molecule has 1 atom stereocenters. The van der Waals surface area contributed by atoms with Gasteiger partial charge in [0.05, 0.1) is 29.2 Å². The monoisotopic (exact) mass is 389 g/mol. The van der Waals surface area contributed by atoms with Gasteiger partial charge in [-0.05, 0) is 27.0 Å². The van der Waals surface area contributed by atoms with E-state index >= 15 is 4.39 Å². The first-order chi connectivity index (χ1) is 13.4. The van der Waals surface area contributed by atoms with Gasteiger partial charge in [0.15, 0.2) is 11.6 Å². The van der Waals surface area contributed by atoms with Crippen LogP contribution in [-0.4, -0.2) is 61.9 Å². The molecular formula is C20H24FN3O4. The first-order valence-corrected chi connectivity index (χ1v) is 9.57. The van der Waals surface area contributed by atoms with Gasteiger partial charge in [-0.2, -0.15) is 0 Å². The molecule has 0 radical (unpaired) electrons. The Balaban J connectivity index is 1.95. The maximum absolute atomic E-state index is 15.3. The lowest BCUT2D eigenvalue weighted by Crippen LogP contribution is -2.45. The van der Waals surface area contributed by atoms with Crippen LogP contribution in [0.25, 0.3) is 10.9 Å². The van der Waals surface area contributed by atoms with Crippen LogP contribution in [0.15, 0.2) is 17.1 Å². The van der Waals surface area contributed by atoms with Gasteiger partial charge in [0.2, 0.25) is 5.43 Å². The van der Waals surface area contributed by atoms with E-state index in [1.54, 1.807) is 17.6 Å². The number of pyridine rings is 1. The summed E-state index contributed by atoms with van der Waals surface area (Å²) >= 11 is 0. The van der Waals surface area contributed by atoms with E-state index in [0.29, 0.717) is 24.3 Å². The summed E-state index contributed by atoms with van der Waals surface area (Å²) in [4.78, 5) is 29.5. The van der Waals surface area contributed by atoms with Gasteiger partial charge in [0.25, 0.3) is 0 Å². The number of nitrogens with zero attached hydrogens (tertiary/aromatic N) is 3. The number of anilines is 1. The predicted octanol–water partition coefficient (Wildman–Crippen LogP) is 2.02. The smallest absolute Gasteiger partial charge is 0.343 e. The van der Waals surface area contributed by atoms with Gasteiger partial charge in [-0.15, -0.1) is 0 Å². The van der Waals surface area contributed by atoms with E-state index in [9.17, 15) is 9.59 Å². The first-order valence-electron chi connectivity index (χ1n) is 9.57. The summed E-state index contributed by atoms with van der Waals surface area (Å²) in [6, 6.07) is 1.42. The summed E-state index contributed by atoms with van der Waals surface area (Å²) in [6.07, 6.45) is 1.47. The zero-order valence-electron chi connectivity index (χ0n) is 16.3. The minimum Gasteiger partial charge on any atom is -0.486 e. The molecule has 7 nitrogen and oxygen atoms in total. The minimum atomic E-state index is -0.663. The van der Waals surface area contributed by atoms with Crippen LogP contribution in [0.2, 0.25) is 0 Å². The van der Waals surface area contributed by atoms with Crippen LogP contribution in [-0.2, 0) is 4.74 Å². The Kier molecular flexibility index (Phi) is 4.74. The molecule has 0 saturated carbocycles. The summed E-state index contributed by atoms with van der Waals surface area (Å²) < 4.78 is 27.9. The van der Waals surface area contributed by atoms with E-state index in [4.69, 9.17) is 9.47 Å². The number of hydrogen-bond acceptors (Lipinski definition) is 6. The van der Waals surface area contributed by atoms with Crippen molar-refractivity contribution in [3.63, 3.8) is 0 Å². The third-order valence-corrected chi connectivity index (χ3v) is 5.47. The molecule has 0 spiro atoms. The lowest BCUT2D eigenvalue weighted by molar-refractivity contribution is 0.0523. The van der Waals surface area contributed by atoms with E-state index in [0.717, 1.165) is 13.1 Å². The number of piperazine rings is 1. The maximum atomic E-state index is 15.3. The SMILES string of the molecule is CCOC(=O)c1cn2c3c(c(F)c(N4CCN(C)CC4)cc3c1=O)OC[C@@H]2C. The van der Waals surface area contributed by atoms with Crippen molar-refractivity contribution >= 4 is 22.6 Å². The Bertz CT molecular complexity index is 995. The van der Waals surface area contributed by atoms with Crippen molar-refractivity contribution in [2.75, 3.05) is 51.3 Å². The highest BCUT2D eigenvalue weighted by Crippen LogP contribution is 2.39. The quantitative estimate of drug-likeness (QED) is 0.749. The Morgan fingerprint density at radius 1 is 1.32 bits per heavy atom. The van der Waals surface area contributed by atoms with Gasteiger partial charge < -0.3 is 23.8 Å². The van der Waals surface area contributed by atoms with Crippen LogP contribution < -0.4 is 15.1 Å². The molecule has 3 heterocycles. The van der Waals surface area contributed by atoms with E-state index in [1.165, 1.54) is 6.20 Å². The Morgan fingerprint density at radius 2 is 2.04 bits per heavy atom. The molecule has 0 amide bonds. The molecule has 2 aliphatic rings. The van der Waals surface area contributed by atoms with E-state index in [1.807, 2.05) is 18.9 Å². The number of ether oxygens (including phenoxy) is 2. The van der Waals surface area contributed by atoms with Gasteiger partial charge in [0, 0.05) is 32.4 Å². The average molecular weight is 389 g/mol. The number of rotatable bonds is 3. The number of carbonyl (C=O) groups is 1. The maximum Gasteiger partial charge on any atom is 0.343 e. The number of aromatic nitrogens is 1. The van der Waals surface area contributed by atoms with Crippen molar-refractivity contribution in [3.05, 3.63) is 33.9 Å². The second-order valence-electron chi connectivity index (χ2n) is 7.38. The van der Waals surface area contributed by atoms with Crippen molar-refractivity contribution in [3.8, 4) is 5.75 Å².